The number of hydrogen-bond acceptors (Lipinski definition) is 2. The van der Waals surface area contributed by atoms with Crippen molar-refractivity contribution in [1.29, 1.82) is 0 Å². The summed E-state index contributed by atoms with van der Waals surface area (Å²) < 4.78 is 6.62. The van der Waals surface area contributed by atoms with Gasteiger partial charge < -0.3 is 9.32 Å². The maximum atomic E-state index is 6.62. The molecule has 0 saturated heterocycles. The van der Waals surface area contributed by atoms with Gasteiger partial charge in [-0.15, -0.1) is 0 Å². The molecule has 0 bridgehead atoms. The van der Waals surface area contributed by atoms with Crippen molar-refractivity contribution >= 4 is 49.8 Å². The van der Waals surface area contributed by atoms with Gasteiger partial charge in [-0.25, -0.2) is 0 Å². The first-order valence-corrected chi connectivity index (χ1v) is 17.7. The molecule has 9 aromatic rings. The quantitative estimate of drug-likeness (QED) is 0.184. The zero-order valence-electron chi connectivity index (χ0n) is 28.6. The van der Waals surface area contributed by atoms with Crippen molar-refractivity contribution < 1.29 is 4.42 Å². The average Bonchev–Trinajstić information content (AvgIpc) is 3.66. The molecule has 242 valence electrons. The highest BCUT2D eigenvalue weighted by Crippen LogP contribution is 2.55. The van der Waals surface area contributed by atoms with Crippen LogP contribution in [0.4, 0.5) is 17.1 Å². The van der Waals surface area contributed by atoms with Crippen LogP contribution in [0.25, 0.3) is 66.1 Å². The lowest BCUT2D eigenvalue weighted by molar-refractivity contribution is 0.660. The lowest BCUT2D eigenvalue weighted by atomic mass is 9.82. The summed E-state index contributed by atoms with van der Waals surface area (Å²) in [5, 5.41) is 4.69. The van der Waals surface area contributed by atoms with Gasteiger partial charge in [0, 0.05) is 38.6 Å². The van der Waals surface area contributed by atoms with Crippen LogP contribution in [0.2, 0.25) is 0 Å². The molecule has 0 atom stereocenters. The van der Waals surface area contributed by atoms with Crippen LogP contribution in [-0.4, -0.2) is 0 Å². The third-order valence-electron chi connectivity index (χ3n) is 10.9. The van der Waals surface area contributed by atoms with Gasteiger partial charge in [0.15, 0.2) is 0 Å². The molecule has 0 N–H and O–H groups in total. The second-order valence-electron chi connectivity index (χ2n) is 14.1. The fourth-order valence-corrected chi connectivity index (χ4v) is 8.36. The summed E-state index contributed by atoms with van der Waals surface area (Å²) in [6, 6.07) is 63.6. The summed E-state index contributed by atoms with van der Waals surface area (Å²) >= 11 is 0. The van der Waals surface area contributed by atoms with E-state index in [1.54, 1.807) is 0 Å². The number of hydrogen-bond donors (Lipinski definition) is 0. The van der Waals surface area contributed by atoms with Crippen molar-refractivity contribution in [1.82, 2.24) is 0 Å². The largest absolute Gasteiger partial charge is 0.455 e. The molecule has 0 unspecified atom stereocenters. The Balaban J connectivity index is 1.17. The van der Waals surface area contributed by atoms with Crippen LogP contribution in [0.5, 0.6) is 0 Å². The van der Waals surface area contributed by atoms with Crippen LogP contribution in [0.3, 0.4) is 0 Å². The fourth-order valence-electron chi connectivity index (χ4n) is 8.36. The first-order chi connectivity index (χ1) is 25.1. The smallest absolute Gasteiger partial charge is 0.143 e. The molecule has 0 radical (unpaired) electrons. The number of rotatable bonds is 5. The van der Waals surface area contributed by atoms with Crippen molar-refractivity contribution in [3.05, 3.63) is 187 Å². The number of benzene rings is 8. The van der Waals surface area contributed by atoms with Crippen molar-refractivity contribution in [3.63, 3.8) is 0 Å². The van der Waals surface area contributed by atoms with E-state index in [-0.39, 0.29) is 5.41 Å². The van der Waals surface area contributed by atoms with Crippen LogP contribution in [0.1, 0.15) is 25.0 Å². The zero-order valence-corrected chi connectivity index (χ0v) is 28.6. The summed E-state index contributed by atoms with van der Waals surface area (Å²) in [5.41, 5.74) is 15.0. The Morgan fingerprint density at radius 3 is 1.88 bits per heavy atom. The summed E-state index contributed by atoms with van der Waals surface area (Å²) in [6.45, 7) is 4.69. The molecular weight excluding hydrogens is 619 g/mol. The Bertz CT molecular complexity index is 2770. The highest BCUT2D eigenvalue weighted by atomic mass is 16.3. The number of furan rings is 1. The highest BCUT2D eigenvalue weighted by Gasteiger charge is 2.37. The third-order valence-corrected chi connectivity index (χ3v) is 10.9. The van der Waals surface area contributed by atoms with Crippen LogP contribution in [0, 0.1) is 0 Å². The molecule has 1 heterocycles. The van der Waals surface area contributed by atoms with Gasteiger partial charge in [-0.05, 0) is 75.0 Å². The molecule has 51 heavy (non-hydrogen) atoms. The average molecular weight is 654 g/mol. The molecule has 0 fully saturated rings. The van der Waals surface area contributed by atoms with Gasteiger partial charge in [-0.1, -0.05) is 153 Å². The predicted molar refractivity (Wildman–Crippen MR) is 214 cm³/mol. The van der Waals surface area contributed by atoms with Crippen molar-refractivity contribution in [2.24, 2.45) is 0 Å². The Hall–Kier alpha value is -6.38. The normalized spacial score (nSPS) is 13.1. The standard InChI is InChI=1S/C49H35NO/c1-49(2)42-22-10-8-19-40(42)47-43(49)23-13-25-45(47)50(44-24-11-9-18-37(44)32-14-4-3-5-15-32)36-28-26-33(27-29-36)38-20-12-21-39-41-30-34-16-6-7-17-35(34)31-46(41)51-48(38)39/h3-31H,1-2H3. The van der Waals surface area contributed by atoms with Crippen molar-refractivity contribution in [2.45, 2.75) is 19.3 Å². The molecule has 1 aliphatic rings. The van der Waals surface area contributed by atoms with Crippen LogP contribution in [0.15, 0.2) is 180 Å². The monoisotopic (exact) mass is 653 g/mol. The van der Waals surface area contributed by atoms with Crippen molar-refractivity contribution in [3.8, 4) is 33.4 Å². The first-order valence-electron chi connectivity index (χ1n) is 17.7. The van der Waals surface area contributed by atoms with E-state index in [4.69, 9.17) is 4.42 Å². The van der Waals surface area contributed by atoms with E-state index < -0.39 is 0 Å². The molecule has 10 rings (SSSR count). The van der Waals surface area contributed by atoms with Gasteiger partial charge >= 0.3 is 0 Å². The Morgan fingerprint density at radius 1 is 0.451 bits per heavy atom. The minimum atomic E-state index is -0.104. The second-order valence-corrected chi connectivity index (χ2v) is 14.1. The van der Waals surface area contributed by atoms with E-state index in [9.17, 15) is 0 Å². The number of fused-ring (bicyclic) bond motifs is 7. The van der Waals surface area contributed by atoms with Gasteiger partial charge in [0.1, 0.15) is 11.2 Å². The van der Waals surface area contributed by atoms with E-state index >= 15 is 0 Å². The molecule has 0 saturated carbocycles. The van der Waals surface area contributed by atoms with Gasteiger partial charge in [-0.2, -0.15) is 0 Å². The summed E-state index contributed by atoms with van der Waals surface area (Å²) in [4.78, 5) is 2.45. The lowest BCUT2D eigenvalue weighted by Gasteiger charge is -2.30. The van der Waals surface area contributed by atoms with E-state index in [1.165, 1.54) is 49.8 Å². The maximum Gasteiger partial charge on any atom is 0.143 e. The fraction of sp³-hybridized carbons (Fsp3) is 0.0612. The van der Waals surface area contributed by atoms with Gasteiger partial charge in [0.2, 0.25) is 0 Å². The summed E-state index contributed by atoms with van der Waals surface area (Å²) in [5.74, 6) is 0. The zero-order chi connectivity index (χ0) is 34.1. The lowest BCUT2D eigenvalue weighted by Crippen LogP contribution is -2.16. The SMILES string of the molecule is CC1(C)c2ccccc2-c2c(N(c3ccc(-c4cccc5c4oc4cc6ccccc6cc45)cc3)c3ccccc3-c3ccccc3)cccc21. The number of anilines is 3. The van der Waals surface area contributed by atoms with E-state index in [0.717, 1.165) is 44.4 Å². The van der Waals surface area contributed by atoms with Crippen LogP contribution >= 0.6 is 0 Å². The number of para-hydroxylation sites is 2. The minimum absolute atomic E-state index is 0.104. The molecular formula is C49H35NO. The molecule has 0 spiro atoms. The van der Waals surface area contributed by atoms with Crippen LogP contribution in [-0.2, 0) is 5.41 Å². The molecule has 1 aliphatic carbocycles. The van der Waals surface area contributed by atoms with E-state index in [1.807, 2.05) is 0 Å². The minimum Gasteiger partial charge on any atom is -0.455 e. The molecule has 1 aromatic heterocycles. The van der Waals surface area contributed by atoms with E-state index in [0.29, 0.717) is 0 Å². The predicted octanol–water partition coefficient (Wildman–Crippen LogP) is 13.8. The molecule has 8 aromatic carbocycles. The molecule has 2 nitrogen and oxygen atoms in total. The van der Waals surface area contributed by atoms with Gasteiger partial charge in [0.05, 0.1) is 11.4 Å². The van der Waals surface area contributed by atoms with Gasteiger partial charge in [0.25, 0.3) is 0 Å². The highest BCUT2D eigenvalue weighted by molar-refractivity contribution is 6.13. The second kappa shape index (κ2) is 11.3. The van der Waals surface area contributed by atoms with Gasteiger partial charge in [-0.3, -0.25) is 0 Å². The molecule has 0 amide bonds. The van der Waals surface area contributed by atoms with Crippen LogP contribution < -0.4 is 4.90 Å². The summed E-state index contributed by atoms with van der Waals surface area (Å²) in [7, 11) is 0. The Kier molecular flexibility index (Phi) is 6.56. The summed E-state index contributed by atoms with van der Waals surface area (Å²) in [6.07, 6.45) is 0. The molecule has 2 heteroatoms. The molecule has 0 aliphatic heterocycles. The maximum absolute atomic E-state index is 6.62. The number of nitrogens with zero attached hydrogens (tertiary/aromatic N) is 1. The van der Waals surface area contributed by atoms with E-state index in [2.05, 4.69) is 195 Å². The Morgan fingerprint density at radius 2 is 1.06 bits per heavy atom. The topological polar surface area (TPSA) is 16.4 Å². The Labute approximate surface area is 297 Å². The van der Waals surface area contributed by atoms with Crippen molar-refractivity contribution in [2.75, 3.05) is 4.90 Å². The first kappa shape index (κ1) is 29.5. The third kappa shape index (κ3) is 4.57.